The van der Waals surface area contributed by atoms with Crippen molar-refractivity contribution in [3.8, 4) is 10.8 Å². The number of halogens is 4. The lowest BCUT2D eigenvalue weighted by atomic mass is 10.2. The van der Waals surface area contributed by atoms with Gasteiger partial charge in [0.25, 0.3) is 0 Å². The molecule has 0 spiro atoms. The predicted molar refractivity (Wildman–Crippen MR) is 67.2 cm³/mol. The summed E-state index contributed by atoms with van der Waals surface area (Å²) in [5, 5.41) is 2.01. The van der Waals surface area contributed by atoms with E-state index in [1.807, 2.05) is 0 Å². The molecular formula is C11H5ClF3N3S. The van der Waals surface area contributed by atoms with Gasteiger partial charge in [0, 0.05) is 11.6 Å². The number of aromatic amines is 1. The summed E-state index contributed by atoms with van der Waals surface area (Å²) >= 11 is 6.98. The molecule has 2 aromatic heterocycles. The number of hydrogen-bond donors (Lipinski definition) is 1. The van der Waals surface area contributed by atoms with Gasteiger partial charge >= 0.3 is 6.18 Å². The first-order valence-electron chi connectivity index (χ1n) is 5.11. The zero-order chi connectivity index (χ0) is 13.6. The Balaban J connectivity index is 2.19. The number of aromatic nitrogens is 3. The van der Waals surface area contributed by atoms with E-state index in [9.17, 15) is 13.2 Å². The van der Waals surface area contributed by atoms with Gasteiger partial charge in [0.05, 0.1) is 21.6 Å². The summed E-state index contributed by atoms with van der Waals surface area (Å²) in [6, 6.07) is 2.16. The summed E-state index contributed by atoms with van der Waals surface area (Å²) in [4.78, 5) is 11.0. The van der Waals surface area contributed by atoms with Crippen LogP contribution in [0.2, 0.25) is 5.02 Å². The molecule has 0 aliphatic heterocycles. The summed E-state index contributed by atoms with van der Waals surface area (Å²) in [6.45, 7) is 0. The van der Waals surface area contributed by atoms with Gasteiger partial charge in [0.1, 0.15) is 0 Å². The Morgan fingerprint density at radius 1 is 1.26 bits per heavy atom. The average molecular weight is 304 g/mol. The molecule has 0 amide bonds. The van der Waals surface area contributed by atoms with Crippen molar-refractivity contribution in [2.24, 2.45) is 0 Å². The molecule has 1 aromatic carbocycles. The van der Waals surface area contributed by atoms with Gasteiger partial charge in [0.2, 0.25) is 0 Å². The lowest BCUT2D eigenvalue weighted by molar-refractivity contribution is -0.137. The van der Waals surface area contributed by atoms with Gasteiger partial charge in [-0.2, -0.15) is 13.2 Å². The third-order valence-corrected chi connectivity index (χ3v) is 3.60. The molecular weight excluding hydrogens is 299 g/mol. The fourth-order valence-electron chi connectivity index (χ4n) is 1.69. The van der Waals surface area contributed by atoms with Crippen molar-refractivity contribution in [3.63, 3.8) is 0 Å². The molecule has 0 saturated heterocycles. The van der Waals surface area contributed by atoms with E-state index >= 15 is 0 Å². The number of alkyl halides is 3. The minimum absolute atomic E-state index is 0.280. The number of benzene rings is 1. The Morgan fingerprint density at radius 2 is 2.05 bits per heavy atom. The maximum Gasteiger partial charge on any atom is 0.417 e. The van der Waals surface area contributed by atoms with E-state index in [4.69, 9.17) is 11.6 Å². The molecule has 0 radical (unpaired) electrons. The standard InChI is InChI=1S/C11H5ClF3N3S/c12-6-4-8-7(3-5(6)11(13,14)15)17-9(18-8)10-16-1-2-19-10/h1-4H,(H,17,18). The van der Waals surface area contributed by atoms with Crippen molar-refractivity contribution < 1.29 is 13.2 Å². The average Bonchev–Trinajstić information content (AvgIpc) is 2.93. The molecule has 2 heterocycles. The quantitative estimate of drug-likeness (QED) is 0.726. The second-order valence-electron chi connectivity index (χ2n) is 3.77. The van der Waals surface area contributed by atoms with Crippen LogP contribution in [0.5, 0.6) is 0 Å². The number of H-pyrrole nitrogens is 1. The van der Waals surface area contributed by atoms with Crippen LogP contribution in [0, 0.1) is 0 Å². The first-order valence-corrected chi connectivity index (χ1v) is 6.37. The third kappa shape index (κ3) is 2.19. The van der Waals surface area contributed by atoms with E-state index in [1.54, 1.807) is 11.6 Å². The summed E-state index contributed by atoms with van der Waals surface area (Å²) in [5.41, 5.74) is -0.221. The molecule has 0 bridgehead atoms. The summed E-state index contributed by atoms with van der Waals surface area (Å²) in [5.74, 6) is 0.431. The summed E-state index contributed by atoms with van der Waals surface area (Å²) < 4.78 is 38.2. The predicted octanol–water partition coefficient (Wildman–Crippen LogP) is 4.36. The zero-order valence-corrected chi connectivity index (χ0v) is 10.7. The fourth-order valence-corrected chi connectivity index (χ4v) is 2.54. The normalized spacial score (nSPS) is 12.2. The van der Waals surface area contributed by atoms with Crippen LogP contribution in [0.15, 0.2) is 23.7 Å². The van der Waals surface area contributed by atoms with Crippen molar-refractivity contribution in [1.29, 1.82) is 0 Å². The van der Waals surface area contributed by atoms with Crippen molar-refractivity contribution in [2.75, 3.05) is 0 Å². The Hall–Kier alpha value is -1.60. The van der Waals surface area contributed by atoms with Gasteiger partial charge in [-0.15, -0.1) is 11.3 Å². The molecule has 0 aliphatic carbocycles. The van der Waals surface area contributed by atoms with Crippen molar-refractivity contribution in [3.05, 3.63) is 34.3 Å². The molecule has 3 nitrogen and oxygen atoms in total. The Bertz CT molecular complexity index is 734. The van der Waals surface area contributed by atoms with Gasteiger partial charge in [0.15, 0.2) is 10.8 Å². The smallest absolute Gasteiger partial charge is 0.336 e. The zero-order valence-electron chi connectivity index (χ0n) is 9.12. The van der Waals surface area contributed by atoms with Crippen LogP contribution in [-0.2, 0) is 6.18 Å². The lowest BCUT2D eigenvalue weighted by Crippen LogP contribution is -2.05. The lowest BCUT2D eigenvalue weighted by Gasteiger charge is -2.07. The molecule has 8 heteroatoms. The SMILES string of the molecule is FC(F)(F)c1cc2[nH]c(-c3nccs3)nc2cc1Cl. The number of hydrogen-bond acceptors (Lipinski definition) is 3. The minimum atomic E-state index is -4.49. The first kappa shape index (κ1) is 12.4. The van der Waals surface area contributed by atoms with Gasteiger partial charge < -0.3 is 4.98 Å². The molecule has 0 aliphatic rings. The van der Waals surface area contributed by atoms with Crippen molar-refractivity contribution in [1.82, 2.24) is 15.0 Å². The molecule has 3 aromatic rings. The van der Waals surface area contributed by atoms with Crippen LogP contribution in [0.25, 0.3) is 21.9 Å². The maximum absolute atomic E-state index is 12.7. The molecule has 0 saturated carbocycles. The molecule has 0 atom stereocenters. The van der Waals surface area contributed by atoms with Crippen LogP contribution < -0.4 is 0 Å². The summed E-state index contributed by atoms with van der Waals surface area (Å²) in [7, 11) is 0. The number of imidazole rings is 1. The molecule has 98 valence electrons. The summed E-state index contributed by atoms with van der Waals surface area (Å²) in [6.07, 6.45) is -2.89. The minimum Gasteiger partial charge on any atom is -0.336 e. The van der Waals surface area contributed by atoms with Crippen LogP contribution in [0.1, 0.15) is 5.56 Å². The van der Waals surface area contributed by atoms with Gasteiger partial charge in [-0.3, -0.25) is 0 Å². The monoisotopic (exact) mass is 303 g/mol. The molecule has 0 fully saturated rings. The van der Waals surface area contributed by atoms with Gasteiger partial charge in [-0.25, -0.2) is 9.97 Å². The number of nitrogens with one attached hydrogen (secondary N) is 1. The van der Waals surface area contributed by atoms with E-state index in [0.29, 0.717) is 16.3 Å². The highest BCUT2D eigenvalue weighted by atomic mass is 35.5. The van der Waals surface area contributed by atoms with E-state index in [-0.39, 0.29) is 10.5 Å². The fraction of sp³-hybridized carbons (Fsp3) is 0.0909. The van der Waals surface area contributed by atoms with E-state index in [0.717, 1.165) is 6.07 Å². The van der Waals surface area contributed by atoms with Gasteiger partial charge in [-0.1, -0.05) is 11.6 Å². The largest absolute Gasteiger partial charge is 0.417 e. The molecule has 3 rings (SSSR count). The third-order valence-electron chi connectivity index (χ3n) is 2.51. The molecule has 0 unspecified atom stereocenters. The van der Waals surface area contributed by atoms with E-state index < -0.39 is 11.7 Å². The number of thiazole rings is 1. The number of rotatable bonds is 1. The second kappa shape index (κ2) is 4.21. The Morgan fingerprint density at radius 3 is 2.68 bits per heavy atom. The maximum atomic E-state index is 12.7. The molecule has 19 heavy (non-hydrogen) atoms. The highest BCUT2D eigenvalue weighted by Gasteiger charge is 2.33. The Labute approximate surface area is 114 Å². The number of fused-ring (bicyclic) bond motifs is 1. The number of nitrogens with zero attached hydrogens (tertiary/aromatic N) is 2. The second-order valence-corrected chi connectivity index (χ2v) is 5.07. The molecule has 1 N–H and O–H groups in total. The topological polar surface area (TPSA) is 41.6 Å². The highest BCUT2D eigenvalue weighted by Crippen LogP contribution is 2.37. The van der Waals surface area contributed by atoms with Crippen LogP contribution in [0.4, 0.5) is 13.2 Å². The van der Waals surface area contributed by atoms with E-state index in [2.05, 4.69) is 15.0 Å². The van der Waals surface area contributed by atoms with Crippen LogP contribution >= 0.6 is 22.9 Å². The van der Waals surface area contributed by atoms with Gasteiger partial charge in [-0.05, 0) is 12.1 Å². The first-order chi connectivity index (χ1) is 8.95. The van der Waals surface area contributed by atoms with Crippen molar-refractivity contribution >= 4 is 34.0 Å². The van der Waals surface area contributed by atoms with Crippen LogP contribution in [0.3, 0.4) is 0 Å². The van der Waals surface area contributed by atoms with Crippen molar-refractivity contribution in [2.45, 2.75) is 6.18 Å². The van der Waals surface area contributed by atoms with Crippen LogP contribution in [-0.4, -0.2) is 15.0 Å². The Kier molecular flexibility index (Phi) is 2.75. The highest BCUT2D eigenvalue weighted by molar-refractivity contribution is 7.13. The van der Waals surface area contributed by atoms with E-state index in [1.165, 1.54) is 17.4 Å².